The first kappa shape index (κ1) is 37.1. The lowest BCUT2D eigenvalue weighted by molar-refractivity contribution is -0.141. The van der Waals surface area contributed by atoms with Gasteiger partial charge in [-0.25, -0.2) is 32.8 Å². The SMILES string of the molecule is C#Cc1c(F)ccc2cc(O)cc(-c3ncc4c(N5CC6(F)CCC(F)(C5)N6)nc(OC[C@@H]5CC[C@]6(COc7cc(C(F)(F)F)ncn7)CCCN56)nc4c3F)c12. The summed E-state index contributed by atoms with van der Waals surface area (Å²) in [6.07, 6.45) is 5.65. The van der Waals surface area contributed by atoms with E-state index >= 15 is 13.2 Å². The Morgan fingerprint density at radius 3 is 2.53 bits per heavy atom. The molecule has 11 nitrogen and oxygen atoms in total. The van der Waals surface area contributed by atoms with Crippen LogP contribution in [0.2, 0.25) is 0 Å². The van der Waals surface area contributed by atoms with Gasteiger partial charge in [0, 0.05) is 42.1 Å². The molecule has 4 atom stereocenters. The molecule has 4 saturated heterocycles. The molecule has 7 heterocycles. The second-order valence-electron chi connectivity index (χ2n) is 15.1. The number of phenolic OH excluding ortho intramolecular Hbond substituents is 1. The van der Waals surface area contributed by atoms with Crippen LogP contribution in [0.5, 0.6) is 17.6 Å². The summed E-state index contributed by atoms with van der Waals surface area (Å²) in [7, 11) is 0. The standard InChI is InChI=1S/C39H33F7N8O3/c1-2-24-27(40)5-4-21-12-23(55)13-25(30(21)24)32-31(41)33-26(15-47-32)34(53-17-37(42)9-10-38(43,18-53)52-37)51-35(50-33)56-16-22-6-8-36(7-3-11-54(22)36)19-57-29-14-28(39(44,45)46)48-20-49-29/h1,4-5,12-15,20,22,52,55H,3,6-11,16-19H2/t22-,36-,37?,38?/m0/s1. The molecule has 57 heavy (non-hydrogen) atoms. The van der Waals surface area contributed by atoms with Crippen molar-refractivity contribution in [1.82, 2.24) is 35.1 Å². The molecule has 5 aromatic rings. The minimum absolute atomic E-state index is 0.0136. The Morgan fingerprint density at radius 1 is 0.982 bits per heavy atom. The van der Waals surface area contributed by atoms with Crippen molar-refractivity contribution >= 4 is 27.5 Å². The van der Waals surface area contributed by atoms with E-state index in [0.29, 0.717) is 31.2 Å². The zero-order valence-electron chi connectivity index (χ0n) is 30.0. The molecule has 9 rings (SSSR count). The van der Waals surface area contributed by atoms with Crippen molar-refractivity contribution in [3.05, 3.63) is 65.7 Å². The summed E-state index contributed by atoms with van der Waals surface area (Å²) < 4.78 is 115. The van der Waals surface area contributed by atoms with Gasteiger partial charge >= 0.3 is 12.2 Å². The summed E-state index contributed by atoms with van der Waals surface area (Å²) >= 11 is 0. The second kappa shape index (κ2) is 13.3. The molecule has 4 aliphatic heterocycles. The molecule has 2 aromatic carbocycles. The maximum absolute atomic E-state index is 17.0. The van der Waals surface area contributed by atoms with Gasteiger partial charge in [-0.05, 0) is 55.8 Å². The normalized spacial score (nSPS) is 25.9. The zero-order chi connectivity index (χ0) is 39.9. The summed E-state index contributed by atoms with van der Waals surface area (Å²) in [5.74, 6) is -4.09. The molecule has 2 bridgehead atoms. The Hall–Kier alpha value is -5.54. The zero-order valence-corrected chi connectivity index (χ0v) is 30.0. The van der Waals surface area contributed by atoms with E-state index in [2.05, 4.69) is 41.1 Å². The number of alkyl halides is 5. The minimum atomic E-state index is -4.66. The van der Waals surface area contributed by atoms with Crippen molar-refractivity contribution in [2.45, 2.75) is 67.9 Å². The van der Waals surface area contributed by atoms with E-state index in [-0.39, 0.29) is 102 Å². The number of aromatic hydroxyl groups is 1. The van der Waals surface area contributed by atoms with E-state index in [9.17, 15) is 22.7 Å². The van der Waals surface area contributed by atoms with Crippen molar-refractivity contribution in [2.75, 3.05) is 37.7 Å². The molecule has 2 N–H and O–H groups in total. The summed E-state index contributed by atoms with van der Waals surface area (Å²) in [6, 6.07) is 5.34. The fourth-order valence-corrected chi connectivity index (χ4v) is 8.98. The van der Waals surface area contributed by atoms with Crippen LogP contribution in [0.1, 0.15) is 49.8 Å². The highest BCUT2D eigenvalue weighted by Gasteiger charge is 2.55. The first-order valence-electron chi connectivity index (χ1n) is 18.3. The fraction of sp³-hybridized carbons (Fsp3) is 0.410. The number of hydrogen-bond donors (Lipinski definition) is 2. The number of fused-ring (bicyclic) bond motifs is 5. The molecular weight excluding hydrogens is 761 g/mol. The fourth-order valence-electron chi connectivity index (χ4n) is 8.98. The quantitative estimate of drug-likeness (QED) is 0.100. The van der Waals surface area contributed by atoms with Crippen LogP contribution in [0, 0.1) is 24.0 Å². The third kappa shape index (κ3) is 6.46. The van der Waals surface area contributed by atoms with Crippen LogP contribution in [-0.2, 0) is 6.18 Å². The van der Waals surface area contributed by atoms with Crippen LogP contribution in [0.4, 0.5) is 36.6 Å². The summed E-state index contributed by atoms with van der Waals surface area (Å²) in [4.78, 5) is 24.0. The predicted molar refractivity (Wildman–Crippen MR) is 192 cm³/mol. The van der Waals surface area contributed by atoms with Gasteiger partial charge in [0.2, 0.25) is 5.88 Å². The highest BCUT2D eigenvalue weighted by atomic mass is 19.4. The molecular formula is C39H33F7N8O3. The monoisotopic (exact) mass is 794 g/mol. The van der Waals surface area contributed by atoms with Crippen LogP contribution >= 0.6 is 0 Å². The summed E-state index contributed by atoms with van der Waals surface area (Å²) in [5.41, 5.74) is -2.43. The molecule has 296 valence electrons. The van der Waals surface area contributed by atoms with Crippen LogP contribution in [0.3, 0.4) is 0 Å². The van der Waals surface area contributed by atoms with E-state index in [1.165, 1.54) is 29.3 Å². The van der Waals surface area contributed by atoms with Crippen LogP contribution in [-0.4, -0.2) is 90.9 Å². The van der Waals surface area contributed by atoms with Gasteiger partial charge in [0.05, 0.1) is 29.6 Å². The maximum atomic E-state index is 17.0. The number of ether oxygens (including phenoxy) is 2. The molecule has 0 saturated carbocycles. The number of nitrogens with one attached hydrogen (secondary N) is 1. The lowest BCUT2D eigenvalue weighted by Crippen LogP contribution is -2.62. The Bertz CT molecular complexity index is 2470. The molecule has 2 unspecified atom stereocenters. The number of phenols is 1. The van der Waals surface area contributed by atoms with Gasteiger partial charge in [-0.1, -0.05) is 12.0 Å². The molecule has 4 aliphatic rings. The van der Waals surface area contributed by atoms with Gasteiger partial charge in [-0.15, -0.1) is 6.42 Å². The van der Waals surface area contributed by atoms with Gasteiger partial charge in [-0.3, -0.25) is 9.88 Å². The van der Waals surface area contributed by atoms with Crippen molar-refractivity contribution in [2.24, 2.45) is 0 Å². The van der Waals surface area contributed by atoms with E-state index < -0.39 is 40.6 Å². The van der Waals surface area contributed by atoms with E-state index in [4.69, 9.17) is 15.9 Å². The first-order chi connectivity index (χ1) is 27.2. The number of piperazine rings is 1. The van der Waals surface area contributed by atoms with Gasteiger partial charge in [0.15, 0.2) is 23.1 Å². The lowest BCUT2D eigenvalue weighted by atomic mass is 9.95. The van der Waals surface area contributed by atoms with Crippen molar-refractivity contribution in [3.8, 4) is 41.2 Å². The van der Waals surface area contributed by atoms with Gasteiger partial charge < -0.3 is 19.5 Å². The Kier molecular flexibility index (Phi) is 8.63. The van der Waals surface area contributed by atoms with E-state index in [1.807, 2.05) is 0 Å². The molecule has 3 aromatic heterocycles. The van der Waals surface area contributed by atoms with Crippen molar-refractivity contribution in [3.63, 3.8) is 0 Å². The molecule has 18 heteroatoms. The highest BCUT2D eigenvalue weighted by Crippen LogP contribution is 2.45. The van der Waals surface area contributed by atoms with Gasteiger partial charge in [-0.2, -0.15) is 23.1 Å². The number of benzene rings is 2. The maximum Gasteiger partial charge on any atom is 0.433 e. The van der Waals surface area contributed by atoms with E-state index in [0.717, 1.165) is 24.9 Å². The molecule has 0 aliphatic carbocycles. The Morgan fingerprint density at radius 2 is 1.77 bits per heavy atom. The van der Waals surface area contributed by atoms with Crippen LogP contribution < -0.4 is 19.7 Å². The first-order valence-corrected chi connectivity index (χ1v) is 18.3. The number of pyridine rings is 1. The van der Waals surface area contributed by atoms with Gasteiger partial charge in [0.25, 0.3) is 0 Å². The number of terminal acetylenes is 1. The summed E-state index contributed by atoms with van der Waals surface area (Å²) in [6.45, 7) is 0.111. The molecule has 0 spiro atoms. The largest absolute Gasteiger partial charge is 0.508 e. The number of rotatable bonds is 8. The van der Waals surface area contributed by atoms with E-state index in [1.54, 1.807) is 0 Å². The number of anilines is 1. The van der Waals surface area contributed by atoms with Crippen LogP contribution in [0.15, 0.2) is 42.9 Å². The Labute approximate surface area is 320 Å². The number of aromatic nitrogens is 5. The molecule has 0 radical (unpaired) electrons. The number of hydrogen-bond acceptors (Lipinski definition) is 11. The molecule has 0 amide bonds. The third-order valence-corrected chi connectivity index (χ3v) is 11.5. The lowest BCUT2D eigenvalue weighted by Gasteiger charge is -2.40. The topological polar surface area (TPSA) is 122 Å². The van der Waals surface area contributed by atoms with Crippen molar-refractivity contribution < 1.29 is 45.3 Å². The number of nitrogens with zero attached hydrogens (tertiary/aromatic N) is 7. The Balaban J connectivity index is 1.06. The average Bonchev–Trinajstić information content (AvgIpc) is 3.81. The molecule has 4 fully saturated rings. The smallest absolute Gasteiger partial charge is 0.433 e. The van der Waals surface area contributed by atoms with Gasteiger partial charge in [0.1, 0.15) is 48.1 Å². The highest BCUT2D eigenvalue weighted by molar-refractivity contribution is 6.03. The third-order valence-electron chi connectivity index (χ3n) is 11.5. The number of halogens is 7. The second-order valence-corrected chi connectivity index (χ2v) is 15.1. The summed E-state index contributed by atoms with van der Waals surface area (Å²) in [5, 5.41) is 13.5. The predicted octanol–water partition coefficient (Wildman–Crippen LogP) is 6.61. The average molecular weight is 795 g/mol. The van der Waals surface area contributed by atoms with Crippen LogP contribution in [0.25, 0.3) is 32.9 Å². The van der Waals surface area contributed by atoms with Crippen molar-refractivity contribution in [1.29, 1.82) is 0 Å². The minimum Gasteiger partial charge on any atom is -0.508 e.